The van der Waals surface area contributed by atoms with Crippen molar-refractivity contribution in [3.63, 3.8) is 0 Å². The summed E-state index contributed by atoms with van der Waals surface area (Å²) in [7, 11) is 1.84. The van der Waals surface area contributed by atoms with Crippen LogP contribution in [0.3, 0.4) is 0 Å². The number of rotatable bonds is 3. The van der Waals surface area contributed by atoms with Crippen molar-refractivity contribution in [2.24, 2.45) is 17.3 Å². The van der Waals surface area contributed by atoms with Gasteiger partial charge >= 0.3 is 0 Å². The van der Waals surface area contributed by atoms with Crippen molar-refractivity contribution in [1.29, 1.82) is 0 Å². The molecule has 0 aliphatic heterocycles. The highest BCUT2D eigenvalue weighted by Crippen LogP contribution is 2.61. The molecule has 0 N–H and O–H groups in total. The van der Waals surface area contributed by atoms with Crippen molar-refractivity contribution in [3.8, 4) is 0 Å². The first-order chi connectivity index (χ1) is 10.7. The molecule has 3 atom stereocenters. The molecule has 2 fully saturated rings. The fourth-order valence-corrected chi connectivity index (χ4v) is 6.07. The van der Waals surface area contributed by atoms with E-state index in [2.05, 4.69) is 0 Å². The average molecular weight is 300 g/mol. The van der Waals surface area contributed by atoms with Crippen LogP contribution in [-0.4, -0.2) is 19.5 Å². The van der Waals surface area contributed by atoms with E-state index in [4.69, 9.17) is 4.74 Å². The van der Waals surface area contributed by atoms with E-state index in [0.717, 1.165) is 37.7 Å². The second-order valence-corrected chi connectivity index (χ2v) is 7.89. The molecule has 0 bridgehead atoms. The van der Waals surface area contributed by atoms with Crippen LogP contribution in [0.5, 0.6) is 0 Å². The van der Waals surface area contributed by atoms with Crippen molar-refractivity contribution in [1.82, 2.24) is 0 Å². The summed E-state index contributed by atoms with van der Waals surface area (Å²) in [5, 5.41) is 0. The lowest BCUT2D eigenvalue weighted by molar-refractivity contribution is -0.114. The zero-order valence-corrected chi connectivity index (χ0v) is 13.8. The van der Waals surface area contributed by atoms with Crippen molar-refractivity contribution >= 4 is 5.78 Å². The number of ether oxygens (including phenoxy) is 1. The summed E-state index contributed by atoms with van der Waals surface area (Å²) in [4.78, 5) is 11.7. The summed E-state index contributed by atoms with van der Waals surface area (Å²) in [5.41, 5.74) is 5.31. The molecule has 4 rings (SSSR count). The van der Waals surface area contributed by atoms with Crippen molar-refractivity contribution < 1.29 is 9.53 Å². The fourth-order valence-electron chi connectivity index (χ4n) is 6.07. The first kappa shape index (κ1) is 14.7. The number of fused-ring (bicyclic) bond motifs is 4. The summed E-state index contributed by atoms with van der Waals surface area (Å²) >= 11 is 0. The van der Waals surface area contributed by atoms with Gasteiger partial charge < -0.3 is 4.74 Å². The lowest BCUT2D eigenvalue weighted by Crippen LogP contribution is -2.39. The van der Waals surface area contributed by atoms with E-state index in [1.807, 2.05) is 13.2 Å². The number of carbonyl (C=O) groups is 1. The molecular formula is C20H28O2. The van der Waals surface area contributed by atoms with E-state index >= 15 is 0 Å². The summed E-state index contributed by atoms with van der Waals surface area (Å²) in [6, 6.07) is 0. The third-order valence-electron chi connectivity index (χ3n) is 7.06. The molecule has 0 amide bonds. The minimum Gasteiger partial charge on any atom is -0.385 e. The van der Waals surface area contributed by atoms with E-state index in [9.17, 15) is 4.79 Å². The Morgan fingerprint density at radius 3 is 2.95 bits per heavy atom. The predicted octanol–water partition coefficient (Wildman–Crippen LogP) is 4.60. The quantitative estimate of drug-likeness (QED) is 0.761. The van der Waals surface area contributed by atoms with Crippen LogP contribution in [-0.2, 0) is 9.53 Å². The summed E-state index contributed by atoms with van der Waals surface area (Å²) in [6.07, 6.45) is 14.3. The van der Waals surface area contributed by atoms with Gasteiger partial charge in [0.2, 0.25) is 0 Å². The molecule has 0 aromatic heterocycles. The number of methoxy groups -OCH3 is 1. The van der Waals surface area contributed by atoms with E-state index in [1.165, 1.54) is 50.5 Å². The van der Waals surface area contributed by atoms with Gasteiger partial charge in [-0.3, -0.25) is 4.79 Å². The maximum Gasteiger partial charge on any atom is 0.156 e. The number of hydrogen-bond acceptors (Lipinski definition) is 2. The maximum absolute atomic E-state index is 11.7. The first-order valence-corrected chi connectivity index (χ1v) is 9.18. The number of carbonyl (C=O) groups excluding carboxylic acids is 1. The Morgan fingerprint density at radius 2 is 2.09 bits per heavy atom. The molecule has 2 nitrogen and oxygen atoms in total. The van der Waals surface area contributed by atoms with Crippen LogP contribution in [0, 0.1) is 17.3 Å². The predicted molar refractivity (Wildman–Crippen MR) is 87.6 cm³/mol. The molecule has 2 saturated carbocycles. The molecule has 0 unspecified atom stereocenters. The highest BCUT2D eigenvalue weighted by Gasteiger charge is 2.50. The molecule has 0 radical (unpaired) electrons. The second kappa shape index (κ2) is 5.63. The van der Waals surface area contributed by atoms with Crippen molar-refractivity contribution in [2.45, 2.75) is 64.2 Å². The zero-order chi connectivity index (χ0) is 15.2. The molecule has 4 aliphatic carbocycles. The van der Waals surface area contributed by atoms with Crippen LogP contribution < -0.4 is 0 Å². The molecule has 0 saturated heterocycles. The summed E-state index contributed by atoms with van der Waals surface area (Å²) < 4.78 is 5.42. The van der Waals surface area contributed by atoms with Gasteiger partial charge in [0.1, 0.15) is 0 Å². The third kappa shape index (κ3) is 2.22. The Morgan fingerprint density at radius 1 is 1.18 bits per heavy atom. The molecule has 0 aromatic rings. The Labute approximate surface area is 134 Å². The van der Waals surface area contributed by atoms with Gasteiger partial charge in [-0.1, -0.05) is 12.0 Å². The van der Waals surface area contributed by atoms with E-state index in [0.29, 0.717) is 11.2 Å². The minimum atomic E-state index is 0.351. The fraction of sp³-hybridized carbons (Fsp3) is 0.750. The minimum absolute atomic E-state index is 0.351. The lowest BCUT2D eigenvalue weighted by Gasteiger charge is -2.49. The molecule has 0 heterocycles. The Balaban J connectivity index is 1.66. The van der Waals surface area contributed by atoms with Gasteiger partial charge in [0.15, 0.2) is 5.78 Å². The highest BCUT2D eigenvalue weighted by atomic mass is 16.5. The van der Waals surface area contributed by atoms with Crippen LogP contribution >= 0.6 is 0 Å². The number of allylic oxidation sites excluding steroid dienone is 4. The van der Waals surface area contributed by atoms with Crippen LogP contribution in [0.1, 0.15) is 64.2 Å². The molecule has 22 heavy (non-hydrogen) atoms. The van der Waals surface area contributed by atoms with E-state index in [-0.39, 0.29) is 0 Å². The summed E-state index contributed by atoms with van der Waals surface area (Å²) in [5.74, 6) is 2.05. The molecule has 0 aromatic carbocycles. The number of ketones is 1. The highest BCUT2D eigenvalue weighted by molar-refractivity contribution is 5.93. The molecule has 0 spiro atoms. The number of hydrogen-bond donors (Lipinski definition) is 0. The average Bonchev–Trinajstić information content (AvgIpc) is 2.96. The standard InChI is InChI=1S/C20H28O2/c1-22-12-11-20-9-2-3-19(20)18-6-4-14-13-15(21)5-7-16(14)17(18)8-10-20/h13,18-19H,2-12H2,1H3/t18-,19+,20+/m1/s1. The molecule has 120 valence electrons. The van der Waals surface area contributed by atoms with Crippen molar-refractivity contribution in [2.75, 3.05) is 13.7 Å². The maximum atomic E-state index is 11.7. The molecule has 2 heteroatoms. The second-order valence-electron chi connectivity index (χ2n) is 7.89. The van der Waals surface area contributed by atoms with Gasteiger partial charge in [0.25, 0.3) is 0 Å². The van der Waals surface area contributed by atoms with Gasteiger partial charge in [-0.2, -0.15) is 0 Å². The normalized spacial score (nSPS) is 37.5. The van der Waals surface area contributed by atoms with Crippen LogP contribution in [0.4, 0.5) is 0 Å². The monoisotopic (exact) mass is 300 g/mol. The third-order valence-corrected chi connectivity index (χ3v) is 7.06. The van der Waals surface area contributed by atoms with Gasteiger partial charge in [-0.25, -0.2) is 0 Å². The van der Waals surface area contributed by atoms with Crippen molar-refractivity contribution in [3.05, 3.63) is 22.8 Å². The van der Waals surface area contributed by atoms with Crippen LogP contribution in [0.15, 0.2) is 22.8 Å². The van der Waals surface area contributed by atoms with Gasteiger partial charge in [-0.15, -0.1) is 0 Å². The zero-order valence-electron chi connectivity index (χ0n) is 13.8. The molecule has 4 aliphatic rings. The largest absolute Gasteiger partial charge is 0.385 e. The van der Waals surface area contributed by atoms with Gasteiger partial charge in [0.05, 0.1) is 0 Å². The van der Waals surface area contributed by atoms with E-state index < -0.39 is 0 Å². The Hall–Kier alpha value is -0.890. The Bertz CT molecular complexity index is 542. The van der Waals surface area contributed by atoms with E-state index in [1.54, 1.807) is 11.1 Å². The lowest BCUT2D eigenvalue weighted by atomic mass is 9.56. The van der Waals surface area contributed by atoms with Crippen LogP contribution in [0.25, 0.3) is 0 Å². The van der Waals surface area contributed by atoms with Crippen LogP contribution in [0.2, 0.25) is 0 Å². The first-order valence-electron chi connectivity index (χ1n) is 9.18. The smallest absolute Gasteiger partial charge is 0.156 e. The van der Waals surface area contributed by atoms with Gasteiger partial charge in [0, 0.05) is 20.1 Å². The van der Waals surface area contributed by atoms with Gasteiger partial charge in [-0.05, 0) is 85.8 Å². The summed E-state index contributed by atoms with van der Waals surface area (Å²) in [6.45, 7) is 0.925. The molecular weight excluding hydrogens is 272 g/mol. The Kier molecular flexibility index (Phi) is 3.76. The topological polar surface area (TPSA) is 26.3 Å². The SMILES string of the molecule is COCC[C@@]12CCC[C@H]1[C@@H]1CCC3=CC(=O)CCC3=C1CC2.